The Bertz CT molecular complexity index is 1280. The van der Waals surface area contributed by atoms with Gasteiger partial charge in [-0.25, -0.2) is 4.98 Å². The van der Waals surface area contributed by atoms with E-state index >= 15 is 0 Å². The molecule has 1 aromatic heterocycles. The third-order valence-corrected chi connectivity index (χ3v) is 5.05. The highest BCUT2D eigenvalue weighted by molar-refractivity contribution is 9.10. The second-order valence-corrected chi connectivity index (χ2v) is 7.37. The van der Waals surface area contributed by atoms with E-state index in [2.05, 4.69) is 15.9 Å². The fraction of sp³-hybridized carbons (Fsp3) is 0.0435. The second-order valence-electron chi connectivity index (χ2n) is 6.45. The maximum atomic E-state index is 13.3. The lowest BCUT2D eigenvalue weighted by atomic mass is 10.1. The van der Waals surface area contributed by atoms with Gasteiger partial charge in [0.05, 0.1) is 16.6 Å². The molecule has 0 unspecified atom stereocenters. The molecular weight excluding hydrogens is 416 g/mol. The molecule has 0 bridgehead atoms. The first-order chi connectivity index (χ1) is 13.5. The summed E-state index contributed by atoms with van der Waals surface area (Å²) in [6.07, 6.45) is 3.51. The van der Waals surface area contributed by atoms with Gasteiger partial charge in [-0.1, -0.05) is 46.3 Å². The minimum atomic E-state index is -0.127. The van der Waals surface area contributed by atoms with Crippen molar-refractivity contribution >= 4 is 39.0 Å². The van der Waals surface area contributed by atoms with Crippen LogP contribution < -0.4 is 5.56 Å². The molecule has 0 spiro atoms. The number of hydrogen-bond donors (Lipinski definition) is 1. The molecule has 138 valence electrons. The fourth-order valence-electron chi connectivity index (χ4n) is 3.13. The molecule has 28 heavy (non-hydrogen) atoms. The highest BCUT2D eigenvalue weighted by Gasteiger charge is 2.12. The summed E-state index contributed by atoms with van der Waals surface area (Å²) in [7, 11) is 0. The zero-order valence-corrected chi connectivity index (χ0v) is 16.7. The first-order valence-corrected chi connectivity index (χ1v) is 9.58. The maximum absolute atomic E-state index is 13.3. The topological polar surface area (TPSA) is 55.1 Å². The molecule has 1 heterocycles. The zero-order valence-electron chi connectivity index (χ0n) is 15.1. The first-order valence-electron chi connectivity index (χ1n) is 8.79. The molecule has 0 atom stereocenters. The SMILES string of the molecule is Cc1ccccc1-n1c(/C=C\c2cc(Br)ccc2O)nc2ccccc2c1=O. The summed E-state index contributed by atoms with van der Waals surface area (Å²) < 4.78 is 2.47. The van der Waals surface area contributed by atoms with Crippen LogP contribution in [0.15, 0.2) is 76.0 Å². The number of benzene rings is 3. The quantitative estimate of drug-likeness (QED) is 0.475. The number of fused-ring (bicyclic) bond motifs is 1. The largest absolute Gasteiger partial charge is 0.507 e. The normalized spacial score (nSPS) is 11.4. The van der Waals surface area contributed by atoms with Crippen molar-refractivity contribution in [3.8, 4) is 11.4 Å². The monoisotopic (exact) mass is 432 g/mol. The maximum Gasteiger partial charge on any atom is 0.266 e. The summed E-state index contributed by atoms with van der Waals surface area (Å²) in [5.74, 6) is 0.655. The lowest BCUT2D eigenvalue weighted by Gasteiger charge is -2.13. The van der Waals surface area contributed by atoms with Crippen LogP contribution in [0, 0.1) is 6.92 Å². The van der Waals surface area contributed by atoms with E-state index < -0.39 is 0 Å². The number of phenolic OH excluding ortho intramolecular Hbond substituents is 1. The Morgan fingerprint density at radius 1 is 1.00 bits per heavy atom. The lowest BCUT2D eigenvalue weighted by Crippen LogP contribution is -2.23. The van der Waals surface area contributed by atoms with Crippen molar-refractivity contribution in [2.75, 3.05) is 0 Å². The summed E-state index contributed by atoms with van der Waals surface area (Å²) in [5.41, 5.74) is 2.90. The smallest absolute Gasteiger partial charge is 0.266 e. The van der Waals surface area contributed by atoms with Gasteiger partial charge in [0, 0.05) is 10.0 Å². The number of aryl methyl sites for hydroxylation is 1. The molecule has 0 fully saturated rings. The van der Waals surface area contributed by atoms with E-state index in [-0.39, 0.29) is 11.3 Å². The molecule has 0 aliphatic carbocycles. The van der Waals surface area contributed by atoms with Crippen LogP contribution in [0.3, 0.4) is 0 Å². The Morgan fingerprint density at radius 3 is 2.57 bits per heavy atom. The van der Waals surface area contributed by atoms with Crippen molar-refractivity contribution < 1.29 is 5.11 Å². The van der Waals surface area contributed by atoms with Crippen molar-refractivity contribution in [2.24, 2.45) is 0 Å². The minimum absolute atomic E-state index is 0.127. The molecule has 3 aromatic carbocycles. The van der Waals surface area contributed by atoms with Crippen molar-refractivity contribution in [3.63, 3.8) is 0 Å². The number of phenols is 1. The van der Waals surface area contributed by atoms with Crippen LogP contribution in [0.25, 0.3) is 28.7 Å². The molecular formula is C23H17BrN2O2. The van der Waals surface area contributed by atoms with Crippen LogP contribution in [-0.4, -0.2) is 14.7 Å². The van der Waals surface area contributed by atoms with Crippen molar-refractivity contribution in [3.05, 3.63) is 98.5 Å². The van der Waals surface area contributed by atoms with Crippen LogP contribution in [0.1, 0.15) is 17.0 Å². The second kappa shape index (κ2) is 7.44. The van der Waals surface area contributed by atoms with E-state index in [4.69, 9.17) is 4.98 Å². The number of para-hydroxylation sites is 2. The van der Waals surface area contributed by atoms with E-state index in [1.165, 1.54) is 0 Å². The average molecular weight is 433 g/mol. The molecule has 5 heteroatoms. The fourth-order valence-corrected chi connectivity index (χ4v) is 3.51. The minimum Gasteiger partial charge on any atom is -0.507 e. The number of halogens is 1. The van der Waals surface area contributed by atoms with Crippen LogP contribution in [-0.2, 0) is 0 Å². The van der Waals surface area contributed by atoms with Gasteiger partial charge in [0.1, 0.15) is 11.6 Å². The van der Waals surface area contributed by atoms with Gasteiger partial charge in [0.15, 0.2) is 0 Å². The van der Waals surface area contributed by atoms with E-state index in [1.54, 1.807) is 34.9 Å². The molecule has 0 aliphatic rings. The number of rotatable bonds is 3. The van der Waals surface area contributed by atoms with Crippen molar-refractivity contribution in [1.29, 1.82) is 0 Å². The van der Waals surface area contributed by atoms with Crippen LogP contribution in [0.5, 0.6) is 5.75 Å². The Balaban J connectivity index is 1.98. The van der Waals surface area contributed by atoms with Gasteiger partial charge in [0.2, 0.25) is 0 Å². The number of aromatic hydroxyl groups is 1. The zero-order chi connectivity index (χ0) is 19.7. The Kier molecular flexibility index (Phi) is 4.84. The van der Waals surface area contributed by atoms with Gasteiger partial charge < -0.3 is 5.11 Å². The summed E-state index contributed by atoms with van der Waals surface area (Å²) in [4.78, 5) is 18.0. The Labute approximate surface area is 170 Å². The molecule has 4 aromatic rings. The number of nitrogens with zero attached hydrogens (tertiary/aromatic N) is 2. The Morgan fingerprint density at radius 2 is 1.75 bits per heavy atom. The molecule has 0 amide bonds. The standard InChI is InChI=1S/C23H17BrN2O2/c1-15-6-2-5-9-20(15)26-22(13-10-16-14-17(24)11-12-21(16)27)25-19-8-4-3-7-18(19)23(26)28/h2-14,27H,1H3/b13-10-. The third-order valence-electron chi connectivity index (χ3n) is 4.56. The van der Waals surface area contributed by atoms with Gasteiger partial charge in [-0.05, 0) is 61.0 Å². The molecule has 0 saturated heterocycles. The van der Waals surface area contributed by atoms with Crippen LogP contribution in [0.2, 0.25) is 0 Å². The molecule has 0 aliphatic heterocycles. The third kappa shape index (κ3) is 3.37. The molecule has 1 N–H and O–H groups in total. The number of hydrogen-bond acceptors (Lipinski definition) is 3. The first kappa shape index (κ1) is 18.2. The summed E-state index contributed by atoms with van der Waals surface area (Å²) in [5, 5.41) is 10.7. The lowest BCUT2D eigenvalue weighted by molar-refractivity contribution is 0.474. The van der Waals surface area contributed by atoms with Gasteiger partial charge in [0.25, 0.3) is 5.56 Å². The van der Waals surface area contributed by atoms with Gasteiger partial charge in [-0.15, -0.1) is 0 Å². The highest BCUT2D eigenvalue weighted by Crippen LogP contribution is 2.24. The van der Waals surface area contributed by atoms with E-state index in [0.717, 1.165) is 15.7 Å². The van der Waals surface area contributed by atoms with Gasteiger partial charge >= 0.3 is 0 Å². The van der Waals surface area contributed by atoms with E-state index in [0.29, 0.717) is 22.3 Å². The van der Waals surface area contributed by atoms with Crippen LogP contribution in [0.4, 0.5) is 0 Å². The Hall–Kier alpha value is -3.18. The number of aromatic nitrogens is 2. The predicted molar refractivity (Wildman–Crippen MR) is 117 cm³/mol. The average Bonchev–Trinajstić information content (AvgIpc) is 2.70. The molecule has 4 nitrogen and oxygen atoms in total. The molecule has 0 saturated carbocycles. The van der Waals surface area contributed by atoms with Gasteiger partial charge in [-0.2, -0.15) is 0 Å². The van der Waals surface area contributed by atoms with E-state index in [9.17, 15) is 9.90 Å². The summed E-state index contributed by atoms with van der Waals surface area (Å²) in [6, 6.07) is 20.2. The summed E-state index contributed by atoms with van der Waals surface area (Å²) >= 11 is 3.41. The van der Waals surface area contributed by atoms with Crippen molar-refractivity contribution in [2.45, 2.75) is 6.92 Å². The highest BCUT2D eigenvalue weighted by atomic mass is 79.9. The molecule has 4 rings (SSSR count). The van der Waals surface area contributed by atoms with Crippen LogP contribution >= 0.6 is 15.9 Å². The van der Waals surface area contributed by atoms with E-state index in [1.807, 2.05) is 55.5 Å². The predicted octanol–water partition coefficient (Wildman–Crippen LogP) is 5.33. The van der Waals surface area contributed by atoms with Crippen molar-refractivity contribution in [1.82, 2.24) is 9.55 Å². The molecule has 0 radical (unpaired) electrons. The summed E-state index contributed by atoms with van der Waals surface area (Å²) in [6.45, 7) is 1.96. The van der Waals surface area contributed by atoms with Gasteiger partial charge in [-0.3, -0.25) is 9.36 Å².